The van der Waals surface area contributed by atoms with E-state index in [0.717, 1.165) is 0 Å². The molecule has 0 radical (unpaired) electrons. The van der Waals surface area contributed by atoms with E-state index in [0.29, 0.717) is 0 Å². The van der Waals surface area contributed by atoms with E-state index in [1.54, 1.807) is 7.51 Å². The van der Waals surface area contributed by atoms with Gasteiger partial charge in [0.25, 0.3) is 0 Å². The average molecular weight is 393 g/mol. The second kappa shape index (κ2) is 12.2. The van der Waals surface area contributed by atoms with Crippen molar-refractivity contribution in [3.8, 4) is 0 Å². The van der Waals surface area contributed by atoms with Crippen LogP contribution in [-0.2, 0) is 22.9 Å². The summed E-state index contributed by atoms with van der Waals surface area (Å²) in [5, 5.41) is 0. The molecule has 0 amide bonds. The Morgan fingerprint density at radius 2 is 2.00 bits per heavy atom. The number of hydrogen-bond acceptors (Lipinski definition) is 0. The first-order valence-electron chi connectivity index (χ1n) is 3.53. The normalized spacial score (nSPS) is 11.6. The molecule has 0 saturated heterocycles. The topological polar surface area (TPSA) is 0 Å². The van der Waals surface area contributed by atoms with Crippen molar-refractivity contribution >= 4 is 0 Å². The summed E-state index contributed by atoms with van der Waals surface area (Å²) in [7, 11) is 0. The van der Waals surface area contributed by atoms with Gasteiger partial charge in [-0.3, -0.25) is 0 Å². The van der Waals surface area contributed by atoms with Crippen LogP contribution in [0.15, 0.2) is 21.6 Å². The van der Waals surface area contributed by atoms with Gasteiger partial charge in [0.1, 0.15) is 0 Å². The fourth-order valence-electron chi connectivity index (χ4n) is 0.864. The SMILES string of the molecule is CC[CH2][Hf+3][C]1=CC=CC1.[Cl-].[Cl-].[Cl-]. The van der Waals surface area contributed by atoms with Gasteiger partial charge in [-0.15, -0.1) is 0 Å². The predicted octanol–water partition coefficient (Wildman–Crippen LogP) is -6.25. The molecule has 0 unspecified atom stereocenters. The van der Waals surface area contributed by atoms with E-state index in [1.165, 1.54) is 12.8 Å². The fraction of sp³-hybridized carbons (Fsp3) is 0.500. The van der Waals surface area contributed by atoms with E-state index >= 15 is 0 Å². The summed E-state index contributed by atoms with van der Waals surface area (Å²) in [5.41, 5.74) is 0. The molecule has 1 aliphatic rings. The molecule has 4 heteroatoms. The van der Waals surface area contributed by atoms with Crippen LogP contribution in [0.4, 0.5) is 0 Å². The van der Waals surface area contributed by atoms with Crippen LogP contribution in [0.3, 0.4) is 0 Å². The number of rotatable bonds is 3. The molecule has 0 N–H and O–H groups in total. The minimum Gasteiger partial charge on any atom is -1.00 e. The molecule has 0 saturated carbocycles. The van der Waals surface area contributed by atoms with Crippen molar-refractivity contribution in [2.75, 3.05) is 0 Å². The number of allylic oxidation sites excluding steroid dienone is 4. The van der Waals surface area contributed by atoms with Crippen LogP contribution in [0, 0.1) is 0 Å². The zero-order chi connectivity index (χ0) is 6.53. The van der Waals surface area contributed by atoms with Crippen LogP contribution >= 0.6 is 0 Å². The van der Waals surface area contributed by atoms with Gasteiger partial charge in [0.15, 0.2) is 0 Å². The molecule has 0 nitrogen and oxygen atoms in total. The van der Waals surface area contributed by atoms with E-state index in [2.05, 4.69) is 25.2 Å². The van der Waals surface area contributed by atoms with Gasteiger partial charge in [-0.25, -0.2) is 0 Å². The zero-order valence-corrected chi connectivity index (χ0v) is 12.8. The smallest absolute Gasteiger partial charge is 1.00 e. The summed E-state index contributed by atoms with van der Waals surface area (Å²) in [4.78, 5) is 0. The van der Waals surface area contributed by atoms with Gasteiger partial charge < -0.3 is 37.2 Å². The van der Waals surface area contributed by atoms with Crippen molar-refractivity contribution < 1.29 is 60.1 Å². The Morgan fingerprint density at radius 1 is 1.33 bits per heavy atom. The van der Waals surface area contributed by atoms with Gasteiger partial charge in [0.2, 0.25) is 0 Å². The molecule has 0 atom stereocenters. The maximum Gasteiger partial charge on any atom is -1.00 e. The summed E-state index contributed by atoms with van der Waals surface area (Å²) in [6.07, 6.45) is 9.51. The minimum absolute atomic E-state index is 0. The molecule has 0 aliphatic heterocycles. The van der Waals surface area contributed by atoms with Crippen molar-refractivity contribution in [3.63, 3.8) is 0 Å². The van der Waals surface area contributed by atoms with Gasteiger partial charge in [-0.2, -0.15) is 0 Å². The summed E-state index contributed by atoms with van der Waals surface area (Å²) < 4.78 is 3.35. The standard InChI is InChI=1S/C5H5.C3H7.3ClH.Hf/c1-2-4-5-3-1;1-3-2;;;;/h1-3H,4H2;1,3H2,2H3;3*1H;/q;;;;;+3/p-3. The van der Waals surface area contributed by atoms with E-state index in [1.807, 2.05) is 0 Å². The van der Waals surface area contributed by atoms with Crippen LogP contribution in [0.2, 0.25) is 4.18 Å². The van der Waals surface area contributed by atoms with Gasteiger partial charge >= 0.3 is 68.4 Å². The molecule has 69 valence electrons. The van der Waals surface area contributed by atoms with E-state index in [4.69, 9.17) is 0 Å². The second-order valence-electron chi connectivity index (χ2n) is 2.25. The molecular weight excluding hydrogens is 381 g/mol. The average Bonchev–Trinajstić information content (AvgIpc) is 2.34. The van der Waals surface area contributed by atoms with Gasteiger partial charge in [0.05, 0.1) is 0 Å². The quantitative estimate of drug-likeness (QED) is 0.419. The second-order valence-corrected chi connectivity index (χ2v) is 7.62. The van der Waals surface area contributed by atoms with Gasteiger partial charge in [0, 0.05) is 0 Å². The molecule has 1 aliphatic carbocycles. The Kier molecular flexibility index (Phi) is 19.2. The number of halogens is 3. The molecule has 0 aromatic rings. The Labute approximate surface area is 105 Å². The first kappa shape index (κ1) is 18.9. The predicted molar refractivity (Wildman–Crippen MR) is 36.9 cm³/mol. The molecule has 12 heavy (non-hydrogen) atoms. The molecule has 1 rings (SSSR count). The first-order chi connectivity index (χ1) is 4.43. The van der Waals surface area contributed by atoms with E-state index in [9.17, 15) is 0 Å². The van der Waals surface area contributed by atoms with Crippen molar-refractivity contribution in [2.45, 2.75) is 23.9 Å². The zero-order valence-electron chi connectivity index (χ0n) is 6.99. The molecular formula is C8H12Cl3Hf. The third-order valence-corrected chi connectivity index (χ3v) is 7.03. The van der Waals surface area contributed by atoms with Crippen LogP contribution in [0.1, 0.15) is 19.8 Å². The van der Waals surface area contributed by atoms with Crippen LogP contribution < -0.4 is 37.2 Å². The molecule has 0 fully saturated rings. The Bertz CT molecular complexity index is 143. The summed E-state index contributed by atoms with van der Waals surface area (Å²) >= 11 is -0.263. The van der Waals surface area contributed by atoms with Crippen LogP contribution in [0.25, 0.3) is 0 Å². The van der Waals surface area contributed by atoms with Gasteiger partial charge in [-0.05, 0) is 0 Å². The largest absolute Gasteiger partial charge is 1.00 e. The van der Waals surface area contributed by atoms with Crippen LogP contribution in [-0.4, -0.2) is 0 Å². The van der Waals surface area contributed by atoms with E-state index in [-0.39, 0.29) is 60.1 Å². The van der Waals surface area contributed by atoms with Crippen molar-refractivity contribution in [3.05, 3.63) is 21.6 Å². The maximum absolute atomic E-state index is 2.33. The Hall–Kier alpha value is 1.22. The molecule has 0 spiro atoms. The summed E-state index contributed by atoms with van der Waals surface area (Å²) in [5.74, 6) is 0. The summed E-state index contributed by atoms with van der Waals surface area (Å²) in [6, 6.07) is 0. The Morgan fingerprint density at radius 3 is 2.42 bits per heavy atom. The Balaban J connectivity index is -0.000000270. The van der Waals surface area contributed by atoms with Crippen molar-refractivity contribution in [1.82, 2.24) is 0 Å². The molecule has 0 aromatic carbocycles. The minimum atomic E-state index is -0.263. The fourth-order valence-corrected chi connectivity index (χ4v) is 4.63. The molecule has 0 aromatic heterocycles. The van der Waals surface area contributed by atoms with Gasteiger partial charge in [-0.1, -0.05) is 0 Å². The van der Waals surface area contributed by atoms with Crippen LogP contribution in [0.5, 0.6) is 0 Å². The monoisotopic (exact) mass is 393 g/mol. The molecule has 0 heterocycles. The van der Waals surface area contributed by atoms with Crippen molar-refractivity contribution in [1.29, 1.82) is 0 Å². The third-order valence-electron chi connectivity index (χ3n) is 1.37. The maximum atomic E-state index is 2.33. The number of hydrogen-bond donors (Lipinski definition) is 0. The molecule has 0 bridgehead atoms. The van der Waals surface area contributed by atoms with E-state index < -0.39 is 0 Å². The third kappa shape index (κ3) is 7.85. The van der Waals surface area contributed by atoms with Crippen molar-refractivity contribution in [2.24, 2.45) is 0 Å². The first-order valence-corrected chi connectivity index (χ1v) is 7.86. The summed E-state index contributed by atoms with van der Waals surface area (Å²) in [6.45, 7) is 2.29.